The third kappa shape index (κ3) is 22.1. The number of halogens is 1. The molecule has 0 saturated heterocycles. The normalized spacial score (nSPS) is 12.1. The maximum Gasteiger partial charge on any atom is -0.107 e. The van der Waals surface area contributed by atoms with Crippen molar-refractivity contribution in [2.45, 2.75) is 136 Å². The van der Waals surface area contributed by atoms with E-state index in [0.717, 1.165) is 0 Å². The van der Waals surface area contributed by atoms with Gasteiger partial charge in [-0.15, -0.1) is 24.0 Å². The predicted octanol–water partition coefficient (Wildman–Crippen LogP) is 10.2. The predicted molar refractivity (Wildman–Crippen MR) is 148 cm³/mol. The first-order valence-corrected chi connectivity index (χ1v) is 16.9. The Bertz CT molecular complexity index is 230. The van der Waals surface area contributed by atoms with Gasteiger partial charge in [-0.1, -0.05) is 0 Å². The number of hydrogen-bond acceptors (Lipinski definition) is 0. The topological polar surface area (TPSA) is 0 Å². The largest absolute Gasteiger partial charge is 0.107 e. The van der Waals surface area contributed by atoms with Gasteiger partial charge in [0, 0.05) is 0 Å². The first-order chi connectivity index (χ1) is 12.7. The molecule has 0 radical (unpaired) electrons. The van der Waals surface area contributed by atoms with E-state index in [1.165, 1.54) is 116 Å². The average molecular weight is 533 g/mol. The molecule has 168 valence electrons. The van der Waals surface area contributed by atoms with Gasteiger partial charge in [-0.2, -0.15) is 0 Å². The molecule has 0 aliphatic rings. The molecule has 0 rings (SSSR count). The summed E-state index contributed by atoms with van der Waals surface area (Å²) in [6, 6.07) is 0. The molecule has 0 spiro atoms. The van der Waals surface area contributed by atoms with Crippen LogP contribution in [0.1, 0.15) is 136 Å². The van der Waals surface area contributed by atoms with E-state index in [0.29, 0.717) is 0 Å². The van der Waals surface area contributed by atoms with Crippen LogP contribution in [0.3, 0.4) is 0 Å². The van der Waals surface area contributed by atoms with Crippen molar-refractivity contribution in [2.75, 3.05) is 18.5 Å². The Morgan fingerprint density at radius 1 is 0.407 bits per heavy atom. The molecular weight excluding hydrogens is 477 g/mol. The summed E-state index contributed by atoms with van der Waals surface area (Å²) in [5.41, 5.74) is 0. The van der Waals surface area contributed by atoms with Crippen molar-refractivity contribution in [1.82, 2.24) is 0 Å². The Labute approximate surface area is 194 Å². The average Bonchev–Trinajstić information content (AvgIpc) is 2.64. The summed E-state index contributed by atoms with van der Waals surface area (Å²) in [5, 5.41) is 0. The maximum absolute atomic E-state index is 3.48. The first kappa shape index (κ1) is 30.8. The molecule has 0 aliphatic carbocycles. The standard InChI is InChI=1S/C24H54P2.HI/c1-4-7-10-13-16-19-22-26(25,23-20-17-14-11-8-5-2)24-21-18-15-12-9-6-3;/h26H,4-25H2,1-3H3;1H. The molecule has 0 aliphatic heterocycles. The minimum absolute atomic E-state index is 0. The molecule has 0 amide bonds. The molecular formula is C24H55IP2. The number of rotatable bonds is 21. The van der Waals surface area contributed by atoms with Crippen LogP contribution < -0.4 is 0 Å². The molecule has 0 aromatic carbocycles. The second kappa shape index (κ2) is 23.9. The van der Waals surface area contributed by atoms with Crippen molar-refractivity contribution >= 4 is 39.9 Å². The van der Waals surface area contributed by atoms with Crippen LogP contribution in [0.4, 0.5) is 0 Å². The van der Waals surface area contributed by atoms with E-state index in [9.17, 15) is 0 Å². The zero-order valence-corrected chi connectivity index (χ0v) is 23.8. The van der Waals surface area contributed by atoms with E-state index >= 15 is 0 Å². The van der Waals surface area contributed by atoms with E-state index in [2.05, 4.69) is 29.7 Å². The van der Waals surface area contributed by atoms with Crippen LogP contribution in [0.2, 0.25) is 0 Å². The molecule has 0 aromatic rings. The Morgan fingerprint density at radius 3 is 0.889 bits per heavy atom. The summed E-state index contributed by atoms with van der Waals surface area (Å²) in [6.07, 6.45) is 31.1. The second-order valence-corrected chi connectivity index (χ2v) is 16.8. The van der Waals surface area contributed by atoms with Crippen LogP contribution in [0.5, 0.6) is 0 Å². The van der Waals surface area contributed by atoms with Crippen LogP contribution in [-0.4, -0.2) is 18.5 Å². The van der Waals surface area contributed by atoms with Crippen molar-refractivity contribution in [3.63, 3.8) is 0 Å². The summed E-state index contributed by atoms with van der Waals surface area (Å²) in [5.74, 6) is 0. The van der Waals surface area contributed by atoms with Crippen LogP contribution in [0.15, 0.2) is 0 Å². The van der Waals surface area contributed by atoms with Gasteiger partial charge in [0.15, 0.2) is 0 Å². The Hall–Kier alpha value is 1.59. The zero-order chi connectivity index (χ0) is 19.3. The monoisotopic (exact) mass is 532 g/mol. The summed E-state index contributed by atoms with van der Waals surface area (Å²) < 4.78 is 0. The van der Waals surface area contributed by atoms with Gasteiger partial charge in [0.25, 0.3) is 0 Å². The van der Waals surface area contributed by atoms with E-state index in [-0.39, 0.29) is 24.0 Å². The Morgan fingerprint density at radius 2 is 0.630 bits per heavy atom. The van der Waals surface area contributed by atoms with Gasteiger partial charge < -0.3 is 0 Å². The number of hydrogen-bond donors (Lipinski definition) is 0. The van der Waals surface area contributed by atoms with Crippen LogP contribution in [-0.2, 0) is 0 Å². The molecule has 3 heteroatoms. The molecule has 0 N–H and O–H groups in total. The second-order valence-electron chi connectivity index (χ2n) is 8.92. The van der Waals surface area contributed by atoms with Crippen LogP contribution >= 0.6 is 39.9 Å². The molecule has 27 heavy (non-hydrogen) atoms. The summed E-state index contributed by atoms with van der Waals surface area (Å²) in [7, 11) is 3.48. The van der Waals surface area contributed by atoms with Crippen molar-refractivity contribution in [3.8, 4) is 0 Å². The number of unbranched alkanes of at least 4 members (excludes halogenated alkanes) is 15. The maximum atomic E-state index is 3.48. The third-order valence-electron chi connectivity index (χ3n) is 6.08. The summed E-state index contributed by atoms with van der Waals surface area (Å²) in [4.78, 5) is 0. The van der Waals surface area contributed by atoms with E-state index in [1.54, 1.807) is 18.5 Å². The van der Waals surface area contributed by atoms with Gasteiger partial charge in [-0.25, -0.2) is 0 Å². The summed E-state index contributed by atoms with van der Waals surface area (Å²) in [6.45, 7) is 5.92. The third-order valence-corrected chi connectivity index (χ3v) is 12.7. The van der Waals surface area contributed by atoms with Crippen LogP contribution in [0.25, 0.3) is 0 Å². The van der Waals surface area contributed by atoms with E-state index in [1.807, 2.05) is 0 Å². The van der Waals surface area contributed by atoms with Crippen molar-refractivity contribution in [1.29, 1.82) is 0 Å². The van der Waals surface area contributed by atoms with Gasteiger partial charge in [0.05, 0.1) is 0 Å². The van der Waals surface area contributed by atoms with Gasteiger partial charge in [-0.05, 0) is 0 Å². The van der Waals surface area contributed by atoms with Gasteiger partial charge in [0.2, 0.25) is 0 Å². The molecule has 0 aromatic heterocycles. The smallest absolute Gasteiger partial charge is 0.107 e. The molecule has 0 fully saturated rings. The minimum atomic E-state index is -1.04. The molecule has 1 atom stereocenters. The Kier molecular flexibility index (Phi) is 27.2. The van der Waals surface area contributed by atoms with E-state index < -0.39 is 6.95 Å². The zero-order valence-electron chi connectivity index (χ0n) is 19.3. The minimum Gasteiger partial charge on any atom is -0.107 e. The SMILES string of the molecule is CCCCCCCC[PH](P)(CCCCCCCC)CCCCCCCC.I. The fourth-order valence-electron chi connectivity index (χ4n) is 4.15. The molecule has 0 nitrogen and oxygen atoms in total. The van der Waals surface area contributed by atoms with Gasteiger partial charge in [0.1, 0.15) is 0 Å². The van der Waals surface area contributed by atoms with Crippen LogP contribution in [0, 0.1) is 0 Å². The first-order valence-electron chi connectivity index (χ1n) is 12.5. The molecule has 0 saturated carbocycles. The Balaban J connectivity index is 0. The molecule has 0 bridgehead atoms. The van der Waals surface area contributed by atoms with Gasteiger partial charge >= 0.3 is 171 Å². The summed E-state index contributed by atoms with van der Waals surface area (Å²) >= 11 is 0. The quantitative estimate of drug-likeness (QED) is 0.0784. The molecule has 1 unspecified atom stereocenters. The van der Waals surface area contributed by atoms with Gasteiger partial charge in [-0.3, -0.25) is 0 Å². The van der Waals surface area contributed by atoms with Crippen molar-refractivity contribution in [3.05, 3.63) is 0 Å². The van der Waals surface area contributed by atoms with E-state index in [4.69, 9.17) is 0 Å². The van der Waals surface area contributed by atoms with Crippen molar-refractivity contribution in [2.24, 2.45) is 0 Å². The molecule has 0 heterocycles. The van der Waals surface area contributed by atoms with Crippen molar-refractivity contribution < 1.29 is 0 Å². The fourth-order valence-corrected chi connectivity index (χ4v) is 9.60. The fraction of sp³-hybridized carbons (Fsp3) is 1.00.